The van der Waals surface area contributed by atoms with Gasteiger partial charge in [-0.25, -0.2) is 15.3 Å². The van der Waals surface area contributed by atoms with Crippen LogP contribution in [0.25, 0.3) is 0 Å². The van der Waals surface area contributed by atoms with E-state index in [0.29, 0.717) is 0 Å². The molecule has 3 aromatic rings. The first-order chi connectivity index (χ1) is 13.4. The zero-order valence-electron chi connectivity index (χ0n) is 19.4. The fourth-order valence-corrected chi connectivity index (χ4v) is 3.85. The van der Waals surface area contributed by atoms with E-state index < -0.39 is 0 Å². The average molecular weight is 589 g/mol. The molecular formula is C22H35BN6Pt-3. The van der Waals surface area contributed by atoms with Crippen LogP contribution in [0.4, 0.5) is 0 Å². The predicted molar refractivity (Wildman–Crippen MR) is 121 cm³/mol. The molecule has 3 aromatic heterocycles. The smallest absolute Gasteiger partial charge is 0.261 e. The Bertz CT molecular complexity index is 801. The largest absolute Gasteiger partial charge is 0.422 e. The third-order valence-corrected chi connectivity index (χ3v) is 5.11. The van der Waals surface area contributed by atoms with Gasteiger partial charge in [-0.1, -0.05) is 19.3 Å². The van der Waals surface area contributed by atoms with E-state index in [4.69, 9.17) is 0 Å². The van der Waals surface area contributed by atoms with Gasteiger partial charge in [0.05, 0.1) is 17.1 Å². The molecule has 6 nitrogen and oxygen atoms in total. The minimum absolute atomic E-state index is 0. The van der Waals surface area contributed by atoms with Gasteiger partial charge in [0.2, 0.25) is 0 Å². The zero-order valence-corrected chi connectivity index (χ0v) is 21.7. The summed E-state index contributed by atoms with van der Waals surface area (Å²) in [4.78, 5) is 0. The molecule has 0 saturated heterocycles. The topological polar surface area (TPSA) is 53.5 Å². The number of rotatable bonds is 3. The molecule has 1 saturated carbocycles. The summed E-state index contributed by atoms with van der Waals surface area (Å²) in [6, 6.07) is 6.22. The van der Waals surface area contributed by atoms with Crippen molar-refractivity contribution < 1.29 is 21.1 Å². The Morgan fingerprint density at radius 1 is 0.667 bits per heavy atom. The molecule has 4 rings (SSSR count). The number of aryl methyl sites for hydroxylation is 6. The standard InChI is InChI=1S/C15H21BN6.C6H11.CH3.Pt/c1-10-7-13(4)20(17-10)16(21-14(5)8-11(2)18-21)22-15(6)9-12(3)19-22;1-2-4-6-5-3-1;;/h7-9H,1-6H3;1H,2-6H2;1H3;/q3*-1;. The maximum Gasteiger partial charge on any atom is 0.261 e. The molecule has 30 heavy (non-hydrogen) atoms. The Balaban J connectivity index is 0.000000487. The second-order valence-electron chi connectivity index (χ2n) is 7.89. The maximum atomic E-state index is 4.66. The second kappa shape index (κ2) is 11.7. The summed E-state index contributed by atoms with van der Waals surface area (Å²) in [5.41, 5.74) is 6.23. The monoisotopic (exact) mass is 589 g/mol. The molecule has 1 radical (unpaired) electrons. The molecule has 169 valence electrons. The molecule has 0 N–H and O–H groups in total. The van der Waals surface area contributed by atoms with Crippen molar-refractivity contribution in [3.63, 3.8) is 0 Å². The zero-order chi connectivity index (χ0) is 20.3. The molecule has 0 spiro atoms. The van der Waals surface area contributed by atoms with Crippen LogP contribution >= 0.6 is 0 Å². The van der Waals surface area contributed by atoms with Crippen molar-refractivity contribution in [1.29, 1.82) is 0 Å². The first kappa shape index (κ1) is 26.4. The summed E-state index contributed by atoms with van der Waals surface area (Å²) in [6.07, 6.45) is 9.50. The first-order valence-electron chi connectivity index (χ1n) is 10.3. The molecule has 0 aliphatic heterocycles. The molecule has 1 fully saturated rings. The van der Waals surface area contributed by atoms with Crippen molar-refractivity contribution in [2.45, 2.75) is 73.6 Å². The van der Waals surface area contributed by atoms with Crippen LogP contribution in [0.5, 0.6) is 0 Å². The van der Waals surface area contributed by atoms with Crippen LogP contribution in [-0.4, -0.2) is 36.2 Å². The van der Waals surface area contributed by atoms with Gasteiger partial charge in [-0.2, -0.15) is 12.8 Å². The molecule has 0 amide bonds. The minimum atomic E-state index is -0.226. The maximum absolute atomic E-state index is 4.66. The van der Waals surface area contributed by atoms with Gasteiger partial charge in [-0.15, -0.1) is 0 Å². The van der Waals surface area contributed by atoms with E-state index in [-0.39, 0.29) is 35.6 Å². The summed E-state index contributed by atoms with van der Waals surface area (Å²) in [5, 5.41) is 14.0. The van der Waals surface area contributed by atoms with Gasteiger partial charge >= 0.3 is 0 Å². The molecule has 0 unspecified atom stereocenters. The summed E-state index contributed by atoms with van der Waals surface area (Å²) >= 11 is 0. The van der Waals surface area contributed by atoms with Gasteiger partial charge in [0, 0.05) is 21.1 Å². The summed E-state index contributed by atoms with van der Waals surface area (Å²) in [5.74, 6) is 0. The van der Waals surface area contributed by atoms with Crippen molar-refractivity contribution in [2.75, 3.05) is 0 Å². The second-order valence-corrected chi connectivity index (χ2v) is 7.89. The molecule has 0 bridgehead atoms. The van der Waals surface area contributed by atoms with Crippen molar-refractivity contribution in [2.24, 2.45) is 0 Å². The quantitative estimate of drug-likeness (QED) is 0.330. The Morgan fingerprint density at radius 2 is 1.00 bits per heavy atom. The molecule has 0 aromatic carbocycles. The predicted octanol–water partition coefficient (Wildman–Crippen LogP) is 4.66. The van der Waals surface area contributed by atoms with Gasteiger partial charge in [-0.05, 0) is 76.8 Å². The van der Waals surface area contributed by atoms with Gasteiger partial charge in [0.1, 0.15) is 0 Å². The van der Waals surface area contributed by atoms with Gasteiger partial charge in [0.25, 0.3) is 7.12 Å². The molecule has 3 heterocycles. The summed E-state index contributed by atoms with van der Waals surface area (Å²) < 4.78 is 5.94. The fourth-order valence-electron chi connectivity index (χ4n) is 3.85. The van der Waals surface area contributed by atoms with E-state index >= 15 is 0 Å². The van der Waals surface area contributed by atoms with Crippen LogP contribution in [0, 0.1) is 55.4 Å². The van der Waals surface area contributed by atoms with Crippen molar-refractivity contribution in [3.8, 4) is 0 Å². The Morgan fingerprint density at radius 3 is 1.17 bits per heavy atom. The van der Waals surface area contributed by atoms with Crippen LogP contribution in [0.3, 0.4) is 0 Å². The Labute approximate surface area is 196 Å². The SMILES string of the molecule is Cc1cc(C)n([B-](n2nc(C)cc2C)n2nc(C)cc2C)n1.[CH-]1CCCCC1.[CH3-].[Pt]. The number of nitrogens with zero attached hydrogens (tertiary/aromatic N) is 6. The van der Waals surface area contributed by atoms with Crippen LogP contribution < -0.4 is 0 Å². The minimum Gasteiger partial charge on any atom is -0.422 e. The normalized spacial score (nSPS) is 13.3. The van der Waals surface area contributed by atoms with Crippen molar-refractivity contribution >= 4 is 7.12 Å². The first-order valence-corrected chi connectivity index (χ1v) is 10.3. The van der Waals surface area contributed by atoms with Gasteiger partial charge in [0.15, 0.2) is 0 Å². The van der Waals surface area contributed by atoms with E-state index in [0.717, 1.165) is 34.2 Å². The molecule has 1 aliphatic rings. The van der Waals surface area contributed by atoms with Crippen LogP contribution in [0.1, 0.15) is 66.3 Å². The van der Waals surface area contributed by atoms with E-state index in [9.17, 15) is 0 Å². The third kappa shape index (κ3) is 6.19. The van der Waals surface area contributed by atoms with Gasteiger partial charge < -0.3 is 27.6 Å². The van der Waals surface area contributed by atoms with E-state index in [1.807, 2.05) is 34.5 Å². The van der Waals surface area contributed by atoms with Crippen LogP contribution in [-0.2, 0) is 21.1 Å². The van der Waals surface area contributed by atoms with Gasteiger partial charge in [-0.3, -0.25) is 0 Å². The van der Waals surface area contributed by atoms with E-state index in [2.05, 4.69) is 60.7 Å². The summed E-state index contributed by atoms with van der Waals surface area (Å²) in [6.45, 7) is 12.2. The Kier molecular flexibility index (Phi) is 10.3. The van der Waals surface area contributed by atoms with E-state index in [1.165, 1.54) is 32.1 Å². The van der Waals surface area contributed by atoms with Crippen LogP contribution in [0.15, 0.2) is 18.2 Å². The fraction of sp³-hybridized carbons (Fsp3) is 0.500. The van der Waals surface area contributed by atoms with Crippen molar-refractivity contribution in [1.82, 2.24) is 29.1 Å². The molecular weight excluding hydrogens is 554 g/mol. The number of hydrogen-bond acceptors (Lipinski definition) is 3. The molecule has 8 heteroatoms. The third-order valence-electron chi connectivity index (χ3n) is 5.11. The summed E-state index contributed by atoms with van der Waals surface area (Å²) in [7, 11) is -0.226. The number of aromatic nitrogens is 6. The molecule has 0 atom stereocenters. The van der Waals surface area contributed by atoms with E-state index in [1.54, 1.807) is 0 Å². The van der Waals surface area contributed by atoms with Crippen molar-refractivity contribution in [3.05, 3.63) is 66.2 Å². The molecule has 1 aliphatic carbocycles. The van der Waals surface area contributed by atoms with Crippen LogP contribution in [0.2, 0.25) is 0 Å². The number of hydrogen-bond donors (Lipinski definition) is 0. The average Bonchev–Trinajstić information content (AvgIpc) is 3.28. The Hall–Kier alpha value is -1.62.